The molecule has 0 radical (unpaired) electrons. The van der Waals surface area contributed by atoms with Crippen LogP contribution in [0.2, 0.25) is 0 Å². The molecular weight excluding hydrogens is 314 g/mol. The molecule has 0 aromatic heterocycles. The van der Waals surface area contributed by atoms with E-state index in [-0.39, 0.29) is 12.5 Å². The summed E-state index contributed by atoms with van der Waals surface area (Å²) in [6.45, 7) is 3.46. The number of hydrogen-bond donors (Lipinski definition) is 1. The Balaban J connectivity index is 2.63. The van der Waals surface area contributed by atoms with Crippen molar-refractivity contribution in [2.45, 2.75) is 0 Å². The highest BCUT2D eigenvalue weighted by Gasteiger charge is 2.14. The van der Waals surface area contributed by atoms with Crippen molar-refractivity contribution in [1.29, 1.82) is 0 Å². The van der Waals surface area contributed by atoms with E-state index in [1.54, 1.807) is 18.2 Å². The zero-order valence-corrected chi connectivity index (χ0v) is 12.0. The standard InChI is InChI=1S/C13H14BrNO4/c1-3-6-15-12(16)8-19-13(17)10-7-9(18-2)4-5-11(10)14/h3-5,7H,1,6,8H2,2H3,(H,15,16). The normalized spacial score (nSPS) is 9.58. The Morgan fingerprint density at radius 1 is 1.47 bits per heavy atom. The highest BCUT2D eigenvalue weighted by molar-refractivity contribution is 9.10. The summed E-state index contributed by atoms with van der Waals surface area (Å²) < 4.78 is 10.5. The quantitative estimate of drug-likeness (QED) is 0.640. The second-order valence-corrected chi connectivity index (χ2v) is 4.37. The summed E-state index contributed by atoms with van der Waals surface area (Å²) in [6, 6.07) is 4.92. The molecule has 1 N–H and O–H groups in total. The molecule has 0 unspecified atom stereocenters. The fourth-order valence-corrected chi connectivity index (χ4v) is 1.64. The van der Waals surface area contributed by atoms with E-state index in [1.807, 2.05) is 0 Å². The highest BCUT2D eigenvalue weighted by atomic mass is 79.9. The van der Waals surface area contributed by atoms with E-state index >= 15 is 0 Å². The number of rotatable bonds is 6. The molecule has 0 fully saturated rings. The molecule has 19 heavy (non-hydrogen) atoms. The van der Waals surface area contributed by atoms with Crippen molar-refractivity contribution in [2.24, 2.45) is 0 Å². The zero-order valence-electron chi connectivity index (χ0n) is 10.4. The SMILES string of the molecule is C=CCNC(=O)COC(=O)c1cc(OC)ccc1Br. The van der Waals surface area contributed by atoms with E-state index in [0.717, 1.165) is 0 Å². The monoisotopic (exact) mass is 327 g/mol. The summed E-state index contributed by atoms with van der Waals surface area (Å²) in [5.74, 6) is -0.446. The number of hydrogen-bond acceptors (Lipinski definition) is 4. The van der Waals surface area contributed by atoms with Crippen LogP contribution in [0.25, 0.3) is 0 Å². The molecule has 1 aromatic rings. The number of esters is 1. The average Bonchev–Trinajstić information content (AvgIpc) is 2.43. The molecule has 0 saturated heterocycles. The Labute approximate surface area is 119 Å². The molecule has 0 bridgehead atoms. The van der Waals surface area contributed by atoms with E-state index in [9.17, 15) is 9.59 Å². The van der Waals surface area contributed by atoms with Gasteiger partial charge in [-0.15, -0.1) is 6.58 Å². The third kappa shape index (κ3) is 4.75. The maximum absolute atomic E-state index is 11.8. The lowest BCUT2D eigenvalue weighted by molar-refractivity contribution is -0.124. The number of benzene rings is 1. The van der Waals surface area contributed by atoms with Gasteiger partial charge in [-0.2, -0.15) is 0 Å². The number of nitrogens with one attached hydrogen (secondary N) is 1. The summed E-state index contributed by atoms with van der Waals surface area (Å²) in [5, 5.41) is 2.51. The van der Waals surface area contributed by atoms with Crippen LogP contribution in [0.4, 0.5) is 0 Å². The first-order valence-corrected chi connectivity index (χ1v) is 6.26. The first-order valence-electron chi connectivity index (χ1n) is 5.46. The van der Waals surface area contributed by atoms with Crippen molar-refractivity contribution in [3.8, 4) is 5.75 Å². The second-order valence-electron chi connectivity index (χ2n) is 3.51. The molecule has 0 saturated carbocycles. The van der Waals surface area contributed by atoms with Gasteiger partial charge >= 0.3 is 5.97 Å². The highest BCUT2D eigenvalue weighted by Crippen LogP contribution is 2.23. The van der Waals surface area contributed by atoms with Gasteiger partial charge in [-0.25, -0.2) is 4.79 Å². The van der Waals surface area contributed by atoms with Crippen LogP contribution in [0.3, 0.4) is 0 Å². The smallest absolute Gasteiger partial charge is 0.339 e. The molecule has 0 aliphatic carbocycles. The molecule has 1 aromatic carbocycles. The molecule has 1 rings (SSSR count). The molecule has 0 spiro atoms. The number of carbonyl (C=O) groups is 2. The molecule has 5 nitrogen and oxygen atoms in total. The molecule has 6 heteroatoms. The fourth-order valence-electron chi connectivity index (χ4n) is 1.23. The summed E-state index contributed by atoms with van der Waals surface area (Å²) in [7, 11) is 1.50. The number of amides is 1. The Morgan fingerprint density at radius 2 is 2.21 bits per heavy atom. The third-order valence-corrected chi connectivity index (χ3v) is 2.86. The van der Waals surface area contributed by atoms with Crippen molar-refractivity contribution >= 4 is 27.8 Å². The molecular formula is C13H14BrNO4. The van der Waals surface area contributed by atoms with Crippen LogP contribution in [0.15, 0.2) is 35.3 Å². The second kappa shape index (κ2) is 7.58. The first kappa shape index (κ1) is 15.2. The Kier molecular flexibility index (Phi) is 6.08. The largest absolute Gasteiger partial charge is 0.497 e. The van der Waals surface area contributed by atoms with Gasteiger partial charge in [0.1, 0.15) is 5.75 Å². The molecule has 0 atom stereocenters. The Hall–Kier alpha value is -1.82. The van der Waals surface area contributed by atoms with E-state index < -0.39 is 5.97 Å². The number of carbonyl (C=O) groups excluding carboxylic acids is 2. The zero-order chi connectivity index (χ0) is 14.3. The fraction of sp³-hybridized carbons (Fsp3) is 0.231. The van der Waals surface area contributed by atoms with E-state index in [4.69, 9.17) is 9.47 Å². The molecule has 102 valence electrons. The van der Waals surface area contributed by atoms with Crippen molar-refractivity contribution < 1.29 is 19.1 Å². The number of halogens is 1. The summed E-state index contributed by atoms with van der Waals surface area (Å²) in [5.41, 5.74) is 0.302. The van der Waals surface area contributed by atoms with Crippen LogP contribution in [0.1, 0.15) is 10.4 Å². The van der Waals surface area contributed by atoms with Crippen molar-refractivity contribution in [3.05, 3.63) is 40.9 Å². The summed E-state index contributed by atoms with van der Waals surface area (Å²) in [4.78, 5) is 23.1. The Morgan fingerprint density at radius 3 is 2.84 bits per heavy atom. The van der Waals surface area contributed by atoms with E-state index in [0.29, 0.717) is 22.3 Å². The lowest BCUT2D eigenvalue weighted by Crippen LogP contribution is -2.28. The van der Waals surface area contributed by atoms with Crippen LogP contribution in [0.5, 0.6) is 5.75 Å². The minimum Gasteiger partial charge on any atom is -0.497 e. The van der Waals surface area contributed by atoms with Gasteiger partial charge in [-0.3, -0.25) is 4.79 Å². The topological polar surface area (TPSA) is 64.6 Å². The Bertz CT molecular complexity index is 488. The van der Waals surface area contributed by atoms with Gasteiger partial charge in [0, 0.05) is 11.0 Å². The first-order chi connectivity index (χ1) is 9.08. The van der Waals surface area contributed by atoms with Gasteiger partial charge in [0.15, 0.2) is 6.61 Å². The molecule has 0 aliphatic heterocycles. The molecule has 0 heterocycles. The van der Waals surface area contributed by atoms with Crippen molar-refractivity contribution in [1.82, 2.24) is 5.32 Å². The molecule has 0 aliphatic rings. The van der Waals surface area contributed by atoms with Gasteiger partial charge in [-0.1, -0.05) is 6.08 Å². The summed E-state index contributed by atoms with van der Waals surface area (Å²) in [6.07, 6.45) is 1.54. The van der Waals surface area contributed by atoms with Gasteiger partial charge in [0.05, 0.1) is 12.7 Å². The predicted molar refractivity (Wildman–Crippen MR) is 74.2 cm³/mol. The van der Waals surface area contributed by atoms with Crippen molar-refractivity contribution in [3.63, 3.8) is 0 Å². The minimum atomic E-state index is -0.598. The lowest BCUT2D eigenvalue weighted by atomic mass is 10.2. The van der Waals surface area contributed by atoms with Crippen LogP contribution < -0.4 is 10.1 Å². The lowest BCUT2D eigenvalue weighted by Gasteiger charge is -2.08. The molecule has 1 amide bonds. The maximum atomic E-state index is 11.8. The van der Waals surface area contributed by atoms with E-state index in [1.165, 1.54) is 13.2 Å². The maximum Gasteiger partial charge on any atom is 0.339 e. The minimum absolute atomic E-state index is 0.302. The van der Waals surface area contributed by atoms with Gasteiger partial charge in [0.2, 0.25) is 0 Å². The van der Waals surface area contributed by atoms with Crippen LogP contribution >= 0.6 is 15.9 Å². The average molecular weight is 328 g/mol. The van der Waals surface area contributed by atoms with Crippen LogP contribution in [-0.2, 0) is 9.53 Å². The summed E-state index contributed by atoms with van der Waals surface area (Å²) >= 11 is 3.24. The predicted octanol–water partition coefficient (Wildman–Crippen LogP) is 1.92. The number of ether oxygens (including phenoxy) is 2. The van der Waals surface area contributed by atoms with Crippen LogP contribution in [-0.4, -0.2) is 32.1 Å². The van der Waals surface area contributed by atoms with Crippen molar-refractivity contribution in [2.75, 3.05) is 20.3 Å². The third-order valence-electron chi connectivity index (χ3n) is 2.17. The number of methoxy groups -OCH3 is 1. The van der Waals surface area contributed by atoms with Gasteiger partial charge in [-0.05, 0) is 34.1 Å². The van der Waals surface area contributed by atoms with Gasteiger partial charge < -0.3 is 14.8 Å². The van der Waals surface area contributed by atoms with E-state index in [2.05, 4.69) is 27.8 Å². The van der Waals surface area contributed by atoms with Gasteiger partial charge in [0.25, 0.3) is 5.91 Å². The van der Waals surface area contributed by atoms with Crippen LogP contribution in [0, 0.1) is 0 Å².